The van der Waals surface area contributed by atoms with Crippen molar-refractivity contribution in [3.05, 3.63) is 54.0 Å². The number of nitrogens with zero attached hydrogens (tertiary/aromatic N) is 2. The Morgan fingerprint density at radius 2 is 2.04 bits per heavy atom. The number of halogens is 2. The summed E-state index contributed by atoms with van der Waals surface area (Å²) in [5, 5.41) is 2.04. The van der Waals surface area contributed by atoms with Gasteiger partial charge in [-0.05, 0) is 37.6 Å². The summed E-state index contributed by atoms with van der Waals surface area (Å²) in [5.74, 6) is -0.360. The molecule has 0 radical (unpaired) electrons. The van der Waals surface area contributed by atoms with Crippen LogP contribution in [0.5, 0.6) is 0 Å². The van der Waals surface area contributed by atoms with E-state index in [9.17, 15) is 9.18 Å². The predicted octanol–water partition coefficient (Wildman–Crippen LogP) is 4.01. The monoisotopic (exact) mass is 331 g/mol. The quantitative estimate of drug-likeness (QED) is 0.737. The summed E-state index contributed by atoms with van der Waals surface area (Å²) in [6, 6.07) is 10.0. The molecule has 0 aliphatic rings. The molecule has 0 saturated carbocycles. The molecule has 2 heterocycles. The molecule has 23 heavy (non-hydrogen) atoms. The lowest BCUT2D eigenvalue weighted by Crippen LogP contribution is -2.21. The van der Waals surface area contributed by atoms with Crippen LogP contribution in [0.2, 0.25) is 0 Å². The van der Waals surface area contributed by atoms with Crippen molar-refractivity contribution in [2.45, 2.75) is 19.2 Å². The Kier molecular flexibility index (Phi) is 4.05. The second-order valence-corrected chi connectivity index (χ2v) is 5.98. The van der Waals surface area contributed by atoms with Crippen molar-refractivity contribution >= 4 is 29.0 Å². The van der Waals surface area contributed by atoms with Crippen LogP contribution in [0.3, 0.4) is 0 Å². The van der Waals surface area contributed by atoms with E-state index < -0.39 is 11.2 Å². The Morgan fingerprint density at radius 1 is 1.30 bits per heavy atom. The van der Waals surface area contributed by atoms with Gasteiger partial charge in [0.1, 0.15) is 28.4 Å². The third-order valence-corrected chi connectivity index (χ3v) is 3.70. The molecule has 0 aliphatic heterocycles. The molecule has 1 amide bonds. The number of benzene rings is 1. The van der Waals surface area contributed by atoms with Crippen LogP contribution in [0.1, 0.15) is 12.5 Å². The minimum Gasteiger partial charge on any atom is -0.309 e. The first-order valence-electron chi connectivity index (χ1n) is 7.16. The van der Waals surface area contributed by atoms with Gasteiger partial charge < -0.3 is 5.32 Å². The minimum absolute atomic E-state index is 0.325. The van der Waals surface area contributed by atoms with Gasteiger partial charge in [-0.3, -0.25) is 9.20 Å². The number of imidazole rings is 1. The highest BCUT2D eigenvalue weighted by atomic mass is 35.5. The first-order chi connectivity index (χ1) is 11.0. The molecule has 4 nitrogen and oxygen atoms in total. The van der Waals surface area contributed by atoms with E-state index in [2.05, 4.69) is 10.3 Å². The summed E-state index contributed by atoms with van der Waals surface area (Å²) < 4.78 is 15.9. The summed E-state index contributed by atoms with van der Waals surface area (Å²) in [5.41, 5.74) is 2.31. The highest BCUT2D eigenvalue weighted by Gasteiger charge is 2.20. The number of anilines is 1. The Balaban J connectivity index is 2.24. The van der Waals surface area contributed by atoms with Crippen LogP contribution in [-0.2, 0) is 4.79 Å². The van der Waals surface area contributed by atoms with Crippen LogP contribution in [-0.4, -0.2) is 20.7 Å². The molecule has 0 bridgehead atoms. The van der Waals surface area contributed by atoms with E-state index in [1.54, 1.807) is 29.5 Å². The topological polar surface area (TPSA) is 46.4 Å². The fraction of sp³-hybridized carbons (Fsp3) is 0.176. The Morgan fingerprint density at radius 3 is 2.74 bits per heavy atom. The normalized spacial score (nSPS) is 12.3. The van der Waals surface area contributed by atoms with E-state index in [1.807, 2.05) is 25.3 Å². The van der Waals surface area contributed by atoms with E-state index >= 15 is 0 Å². The van der Waals surface area contributed by atoms with Gasteiger partial charge in [-0.25, -0.2) is 9.37 Å². The molecule has 118 valence electrons. The summed E-state index contributed by atoms with van der Waals surface area (Å²) >= 11 is 5.84. The van der Waals surface area contributed by atoms with Gasteiger partial charge >= 0.3 is 0 Å². The first kappa shape index (κ1) is 15.5. The van der Waals surface area contributed by atoms with Gasteiger partial charge in [0.15, 0.2) is 0 Å². The van der Waals surface area contributed by atoms with Crippen LogP contribution in [0.25, 0.3) is 16.9 Å². The van der Waals surface area contributed by atoms with Crippen molar-refractivity contribution in [3.8, 4) is 11.3 Å². The minimum atomic E-state index is -0.709. The third kappa shape index (κ3) is 2.92. The number of aryl methyl sites for hydroxylation is 1. The second kappa shape index (κ2) is 6.01. The second-order valence-electron chi connectivity index (χ2n) is 5.33. The number of hydrogen-bond acceptors (Lipinski definition) is 2. The summed E-state index contributed by atoms with van der Waals surface area (Å²) in [7, 11) is 0. The van der Waals surface area contributed by atoms with Crippen LogP contribution < -0.4 is 5.32 Å². The maximum Gasteiger partial charge on any atom is 0.243 e. The van der Waals surface area contributed by atoms with Gasteiger partial charge in [-0.2, -0.15) is 0 Å². The number of carbonyl (C=O) groups excluding carboxylic acids is 1. The molecular weight excluding hydrogens is 317 g/mol. The van der Waals surface area contributed by atoms with Crippen molar-refractivity contribution in [1.82, 2.24) is 9.38 Å². The summed E-state index contributed by atoms with van der Waals surface area (Å²) in [4.78, 5) is 16.5. The molecule has 1 unspecified atom stereocenters. The highest BCUT2D eigenvalue weighted by Crippen LogP contribution is 2.31. The maximum atomic E-state index is 14.2. The zero-order valence-corrected chi connectivity index (χ0v) is 13.4. The fourth-order valence-electron chi connectivity index (χ4n) is 2.33. The number of fused-ring (bicyclic) bond motifs is 1. The van der Waals surface area contributed by atoms with Crippen LogP contribution in [0.15, 0.2) is 42.6 Å². The van der Waals surface area contributed by atoms with Gasteiger partial charge in [-0.15, -0.1) is 11.6 Å². The summed E-state index contributed by atoms with van der Waals surface area (Å²) in [6.45, 7) is 3.51. The molecular formula is C17H15ClFN3O. The maximum absolute atomic E-state index is 14.2. The van der Waals surface area contributed by atoms with E-state index in [0.29, 0.717) is 22.7 Å². The van der Waals surface area contributed by atoms with Crippen molar-refractivity contribution < 1.29 is 9.18 Å². The number of alkyl halides is 1. The molecule has 1 N–H and O–H groups in total. The highest BCUT2D eigenvalue weighted by molar-refractivity contribution is 6.32. The predicted molar refractivity (Wildman–Crippen MR) is 89.3 cm³/mol. The smallest absolute Gasteiger partial charge is 0.243 e. The van der Waals surface area contributed by atoms with Crippen LogP contribution in [0, 0.1) is 12.7 Å². The lowest BCUT2D eigenvalue weighted by atomic mass is 10.1. The Bertz CT molecular complexity index is 889. The number of pyridine rings is 1. The van der Waals surface area contributed by atoms with Gasteiger partial charge in [0.25, 0.3) is 0 Å². The third-order valence-electron chi connectivity index (χ3n) is 3.50. The van der Waals surface area contributed by atoms with Gasteiger partial charge in [0, 0.05) is 11.8 Å². The Hall–Kier alpha value is -2.40. The average molecular weight is 332 g/mol. The van der Waals surface area contributed by atoms with Crippen molar-refractivity contribution in [1.29, 1.82) is 0 Å². The average Bonchev–Trinajstić information content (AvgIpc) is 2.85. The number of aromatic nitrogens is 2. The fourth-order valence-corrected chi connectivity index (χ4v) is 2.38. The molecule has 1 atom stereocenters. The van der Waals surface area contributed by atoms with Crippen LogP contribution >= 0.6 is 11.6 Å². The SMILES string of the molecule is Cc1ccc2nc(-c3ccccc3F)c(NC(=O)C(C)Cl)n2c1. The molecule has 2 aromatic heterocycles. The molecule has 0 fully saturated rings. The number of rotatable bonds is 3. The zero-order chi connectivity index (χ0) is 16.6. The molecule has 3 rings (SSSR count). The number of amides is 1. The van der Waals surface area contributed by atoms with Crippen molar-refractivity contribution in [2.75, 3.05) is 5.32 Å². The largest absolute Gasteiger partial charge is 0.309 e. The first-order valence-corrected chi connectivity index (χ1v) is 7.59. The molecule has 6 heteroatoms. The van der Waals surface area contributed by atoms with Gasteiger partial charge in [-0.1, -0.05) is 18.2 Å². The number of nitrogens with one attached hydrogen (secondary N) is 1. The number of hydrogen-bond donors (Lipinski definition) is 1. The van der Waals surface area contributed by atoms with Gasteiger partial charge in [0.05, 0.1) is 0 Å². The lowest BCUT2D eigenvalue weighted by molar-refractivity contribution is -0.115. The van der Waals surface area contributed by atoms with Crippen LogP contribution in [0.4, 0.5) is 10.2 Å². The summed E-state index contributed by atoms with van der Waals surface area (Å²) in [6.07, 6.45) is 1.83. The van der Waals surface area contributed by atoms with Crippen molar-refractivity contribution in [2.24, 2.45) is 0 Å². The van der Waals surface area contributed by atoms with E-state index in [4.69, 9.17) is 11.6 Å². The van der Waals surface area contributed by atoms with E-state index in [1.165, 1.54) is 6.07 Å². The zero-order valence-electron chi connectivity index (χ0n) is 12.7. The molecule has 3 aromatic rings. The lowest BCUT2D eigenvalue weighted by Gasteiger charge is -2.09. The number of carbonyl (C=O) groups is 1. The Labute approximate surface area is 137 Å². The molecule has 0 spiro atoms. The van der Waals surface area contributed by atoms with E-state index in [0.717, 1.165) is 5.56 Å². The molecule has 0 aliphatic carbocycles. The standard InChI is InChI=1S/C17H15ClFN3O/c1-10-7-8-14-20-15(12-5-3-4-6-13(12)19)16(22(14)9-10)21-17(23)11(2)18/h3-9,11H,1-2H3,(H,21,23). The molecule has 1 aromatic carbocycles. The van der Waals surface area contributed by atoms with Crippen molar-refractivity contribution in [3.63, 3.8) is 0 Å². The van der Waals surface area contributed by atoms with E-state index in [-0.39, 0.29) is 5.91 Å². The van der Waals surface area contributed by atoms with Gasteiger partial charge in [0.2, 0.25) is 5.91 Å². The molecule has 0 saturated heterocycles.